The summed E-state index contributed by atoms with van der Waals surface area (Å²) in [6.07, 6.45) is 7.11. The van der Waals surface area contributed by atoms with E-state index in [2.05, 4.69) is 19.9 Å². The summed E-state index contributed by atoms with van der Waals surface area (Å²) in [5.41, 5.74) is 0.627. The highest BCUT2D eigenvalue weighted by Crippen LogP contribution is 2.21. The Hall–Kier alpha value is -2.11. The molecular formula is C17H25N3O3. The molecule has 23 heavy (non-hydrogen) atoms. The van der Waals surface area contributed by atoms with Crippen molar-refractivity contribution in [1.29, 1.82) is 0 Å². The Labute approximate surface area is 137 Å². The standard InChI is InChI=1S/C17H25N3O3/c1-23-15(21)9-3-4-10-19-17(22)14-8-7-11-18-16(14)20-12-5-2-6-13-20/h7-8,11H,2-6,9-10,12-13H2,1H3,(H,19,22). The number of piperidine rings is 1. The van der Waals surface area contributed by atoms with Crippen molar-refractivity contribution in [2.75, 3.05) is 31.6 Å². The maximum Gasteiger partial charge on any atom is 0.305 e. The van der Waals surface area contributed by atoms with E-state index in [0.717, 1.165) is 38.2 Å². The SMILES string of the molecule is COC(=O)CCCCNC(=O)c1cccnc1N1CCCCC1. The molecule has 1 aromatic heterocycles. The summed E-state index contributed by atoms with van der Waals surface area (Å²) in [6, 6.07) is 3.61. The molecule has 0 bridgehead atoms. The zero-order chi connectivity index (χ0) is 16.5. The van der Waals surface area contributed by atoms with Crippen LogP contribution >= 0.6 is 0 Å². The van der Waals surface area contributed by atoms with E-state index < -0.39 is 0 Å². The first kappa shape index (κ1) is 17.2. The highest BCUT2D eigenvalue weighted by molar-refractivity contribution is 5.98. The van der Waals surface area contributed by atoms with Gasteiger partial charge in [0.15, 0.2) is 0 Å². The molecule has 0 unspecified atom stereocenters. The maximum absolute atomic E-state index is 12.4. The van der Waals surface area contributed by atoms with Gasteiger partial charge in [-0.25, -0.2) is 4.98 Å². The molecule has 126 valence electrons. The summed E-state index contributed by atoms with van der Waals surface area (Å²) in [7, 11) is 1.38. The van der Waals surface area contributed by atoms with Gasteiger partial charge in [0.05, 0.1) is 12.7 Å². The van der Waals surface area contributed by atoms with E-state index in [1.807, 2.05) is 6.07 Å². The molecule has 1 amide bonds. The first-order valence-electron chi connectivity index (χ1n) is 8.27. The third-order valence-corrected chi connectivity index (χ3v) is 4.01. The lowest BCUT2D eigenvalue weighted by Crippen LogP contribution is -2.33. The van der Waals surface area contributed by atoms with E-state index in [1.165, 1.54) is 13.5 Å². The minimum Gasteiger partial charge on any atom is -0.469 e. The van der Waals surface area contributed by atoms with Crippen LogP contribution in [0.2, 0.25) is 0 Å². The number of ether oxygens (including phenoxy) is 1. The number of anilines is 1. The number of carbonyl (C=O) groups is 2. The van der Waals surface area contributed by atoms with Gasteiger partial charge in [-0.15, -0.1) is 0 Å². The smallest absolute Gasteiger partial charge is 0.305 e. The van der Waals surface area contributed by atoms with Crippen molar-refractivity contribution in [3.63, 3.8) is 0 Å². The van der Waals surface area contributed by atoms with Gasteiger partial charge < -0.3 is 15.0 Å². The van der Waals surface area contributed by atoms with E-state index >= 15 is 0 Å². The second kappa shape index (κ2) is 9.12. The summed E-state index contributed by atoms with van der Waals surface area (Å²) >= 11 is 0. The monoisotopic (exact) mass is 319 g/mol. The van der Waals surface area contributed by atoms with Gasteiger partial charge in [0.1, 0.15) is 5.82 Å². The van der Waals surface area contributed by atoms with E-state index in [4.69, 9.17) is 0 Å². The molecule has 1 aliphatic heterocycles. The third-order valence-electron chi connectivity index (χ3n) is 4.01. The molecule has 1 aromatic rings. The fourth-order valence-corrected chi connectivity index (χ4v) is 2.73. The molecule has 1 aliphatic rings. The van der Waals surface area contributed by atoms with Crippen LogP contribution in [0.25, 0.3) is 0 Å². The zero-order valence-electron chi connectivity index (χ0n) is 13.7. The average Bonchev–Trinajstić information content (AvgIpc) is 2.61. The molecule has 0 saturated carbocycles. The minimum atomic E-state index is -0.212. The minimum absolute atomic E-state index is 0.100. The van der Waals surface area contributed by atoms with Crippen molar-refractivity contribution < 1.29 is 14.3 Å². The lowest BCUT2D eigenvalue weighted by atomic mass is 10.1. The molecule has 1 saturated heterocycles. The third kappa shape index (κ3) is 5.23. The van der Waals surface area contributed by atoms with Gasteiger partial charge in [0.2, 0.25) is 0 Å². The number of rotatable bonds is 7. The number of carbonyl (C=O) groups excluding carboxylic acids is 2. The number of pyridine rings is 1. The van der Waals surface area contributed by atoms with E-state index in [9.17, 15) is 9.59 Å². The number of unbranched alkanes of at least 4 members (excludes halogenated alkanes) is 1. The van der Waals surface area contributed by atoms with Gasteiger partial charge in [0, 0.05) is 32.3 Å². The van der Waals surface area contributed by atoms with Gasteiger partial charge >= 0.3 is 5.97 Å². The first-order chi connectivity index (χ1) is 11.2. The van der Waals surface area contributed by atoms with Crippen molar-refractivity contribution in [3.8, 4) is 0 Å². The number of aromatic nitrogens is 1. The van der Waals surface area contributed by atoms with Crippen molar-refractivity contribution in [2.45, 2.75) is 38.5 Å². The van der Waals surface area contributed by atoms with Crippen LogP contribution in [-0.4, -0.2) is 43.6 Å². The van der Waals surface area contributed by atoms with E-state index in [1.54, 1.807) is 12.3 Å². The maximum atomic E-state index is 12.4. The normalized spacial score (nSPS) is 14.4. The summed E-state index contributed by atoms with van der Waals surface area (Å²) < 4.78 is 4.59. The number of hydrogen-bond acceptors (Lipinski definition) is 5. The predicted molar refractivity (Wildman–Crippen MR) is 88.5 cm³/mol. The molecule has 0 atom stereocenters. The van der Waals surface area contributed by atoms with Crippen molar-refractivity contribution >= 4 is 17.7 Å². The Kier molecular flexibility index (Phi) is 6.84. The number of hydrogen-bond donors (Lipinski definition) is 1. The van der Waals surface area contributed by atoms with Crippen LogP contribution in [0.15, 0.2) is 18.3 Å². The fraction of sp³-hybridized carbons (Fsp3) is 0.588. The van der Waals surface area contributed by atoms with Gasteiger partial charge in [-0.05, 0) is 44.2 Å². The molecule has 1 N–H and O–H groups in total. The highest BCUT2D eigenvalue weighted by atomic mass is 16.5. The molecule has 0 spiro atoms. The van der Waals surface area contributed by atoms with Crippen LogP contribution in [0, 0.1) is 0 Å². The van der Waals surface area contributed by atoms with E-state index in [-0.39, 0.29) is 11.9 Å². The Morgan fingerprint density at radius 2 is 2.04 bits per heavy atom. The molecule has 0 aliphatic carbocycles. The quantitative estimate of drug-likeness (QED) is 0.616. The van der Waals surface area contributed by atoms with Gasteiger partial charge in [-0.1, -0.05) is 0 Å². The van der Waals surface area contributed by atoms with Crippen molar-refractivity contribution in [2.24, 2.45) is 0 Å². The molecule has 2 rings (SSSR count). The van der Waals surface area contributed by atoms with Crippen LogP contribution in [0.4, 0.5) is 5.82 Å². The van der Waals surface area contributed by atoms with Crippen LogP contribution in [0.5, 0.6) is 0 Å². The summed E-state index contributed by atoms with van der Waals surface area (Å²) in [4.78, 5) is 30.0. The highest BCUT2D eigenvalue weighted by Gasteiger charge is 2.19. The zero-order valence-corrected chi connectivity index (χ0v) is 13.7. The second-order valence-electron chi connectivity index (χ2n) is 5.71. The topological polar surface area (TPSA) is 71.5 Å². The van der Waals surface area contributed by atoms with Crippen molar-refractivity contribution in [1.82, 2.24) is 10.3 Å². The molecule has 2 heterocycles. The van der Waals surface area contributed by atoms with Crippen molar-refractivity contribution in [3.05, 3.63) is 23.9 Å². The fourth-order valence-electron chi connectivity index (χ4n) is 2.73. The van der Waals surface area contributed by atoms with Crippen LogP contribution < -0.4 is 10.2 Å². The number of esters is 1. The lowest BCUT2D eigenvalue weighted by molar-refractivity contribution is -0.140. The summed E-state index contributed by atoms with van der Waals surface area (Å²) in [5, 5.41) is 2.91. The number of amides is 1. The summed E-state index contributed by atoms with van der Waals surface area (Å²) in [6.45, 7) is 2.46. The Balaban J connectivity index is 1.85. The first-order valence-corrected chi connectivity index (χ1v) is 8.27. The number of nitrogens with one attached hydrogen (secondary N) is 1. The number of methoxy groups -OCH3 is 1. The van der Waals surface area contributed by atoms with Crippen LogP contribution in [0.3, 0.4) is 0 Å². The van der Waals surface area contributed by atoms with Crippen LogP contribution in [0.1, 0.15) is 48.9 Å². The average molecular weight is 319 g/mol. The van der Waals surface area contributed by atoms with Gasteiger partial charge in [-0.2, -0.15) is 0 Å². The molecule has 0 radical (unpaired) electrons. The largest absolute Gasteiger partial charge is 0.469 e. The van der Waals surface area contributed by atoms with Gasteiger partial charge in [0.25, 0.3) is 5.91 Å². The second-order valence-corrected chi connectivity index (χ2v) is 5.71. The number of nitrogens with zero attached hydrogens (tertiary/aromatic N) is 2. The molecular weight excluding hydrogens is 294 g/mol. The Morgan fingerprint density at radius 3 is 2.78 bits per heavy atom. The summed E-state index contributed by atoms with van der Waals surface area (Å²) in [5.74, 6) is 0.465. The Morgan fingerprint density at radius 1 is 1.26 bits per heavy atom. The van der Waals surface area contributed by atoms with Gasteiger partial charge in [-0.3, -0.25) is 9.59 Å². The molecule has 6 nitrogen and oxygen atoms in total. The predicted octanol–water partition coefficient (Wildman–Crippen LogP) is 2.14. The van der Waals surface area contributed by atoms with E-state index in [0.29, 0.717) is 24.9 Å². The molecule has 6 heteroatoms. The molecule has 1 fully saturated rings. The Bertz CT molecular complexity index is 528. The molecule has 0 aromatic carbocycles. The van der Waals surface area contributed by atoms with Crippen LogP contribution in [-0.2, 0) is 9.53 Å². The lowest BCUT2D eigenvalue weighted by Gasteiger charge is -2.29.